The number of alkyl carbamates (subject to hydrolysis) is 1. The van der Waals surface area contributed by atoms with Gasteiger partial charge in [-0.15, -0.1) is 0 Å². The van der Waals surface area contributed by atoms with E-state index in [0.717, 1.165) is 25.9 Å². The molecular formula is C17H24ClFN2O2. The van der Waals surface area contributed by atoms with Gasteiger partial charge in [-0.3, -0.25) is 4.90 Å². The van der Waals surface area contributed by atoms with E-state index >= 15 is 0 Å². The van der Waals surface area contributed by atoms with Crippen LogP contribution in [0.3, 0.4) is 0 Å². The van der Waals surface area contributed by atoms with Gasteiger partial charge in [-0.25, -0.2) is 9.18 Å². The second-order valence-electron chi connectivity index (χ2n) is 6.78. The van der Waals surface area contributed by atoms with E-state index in [4.69, 9.17) is 16.3 Å². The van der Waals surface area contributed by atoms with Crippen LogP contribution in [0, 0.1) is 5.82 Å². The normalized spacial score (nSPS) is 17.1. The average Bonchev–Trinajstić information content (AvgIpc) is 2.93. The van der Waals surface area contributed by atoms with Gasteiger partial charge in [0.15, 0.2) is 0 Å². The van der Waals surface area contributed by atoms with E-state index in [9.17, 15) is 9.18 Å². The molecule has 1 aliphatic rings. The fourth-order valence-electron chi connectivity index (χ4n) is 2.79. The van der Waals surface area contributed by atoms with Gasteiger partial charge in [0.2, 0.25) is 0 Å². The third-order valence-corrected chi connectivity index (χ3v) is 4.08. The highest BCUT2D eigenvalue weighted by Crippen LogP contribution is 2.32. The Balaban J connectivity index is 2.14. The zero-order valence-corrected chi connectivity index (χ0v) is 14.6. The molecule has 0 aliphatic carbocycles. The first-order valence-electron chi connectivity index (χ1n) is 7.93. The van der Waals surface area contributed by atoms with E-state index in [1.807, 2.05) is 0 Å². The number of ether oxygens (including phenoxy) is 1. The molecule has 0 bridgehead atoms. The monoisotopic (exact) mass is 342 g/mol. The van der Waals surface area contributed by atoms with Gasteiger partial charge in [-0.05, 0) is 58.8 Å². The highest BCUT2D eigenvalue weighted by Gasteiger charge is 2.28. The Bertz CT molecular complexity index is 534. The summed E-state index contributed by atoms with van der Waals surface area (Å²) in [5.41, 5.74) is -0.129. The maximum Gasteiger partial charge on any atom is 0.407 e. The van der Waals surface area contributed by atoms with E-state index in [2.05, 4.69) is 10.2 Å². The molecule has 23 heavy (non-hydrogen) atoms. The molecule has 1 atom stereocenters. The van der Waals surface area contributed by atoms with Crippen LogP contribution < -0.4 is 5.32 Å². The quantitative estimate of drug-likeness (QED) is 0.894. The molecule has 0 saturated carbocycles. The van der Waals surface area contributed by atoms with E-state index in [1.54, 1.807) is 32.9 Å². The minimum absolute atomic E-state index is 0.259. The molecule has 0 radical (unpaired) electrons. The largest absolute Gasteiger partial charge is 0.444 e. The van der Waals surface area contributed by atoms with Crippen LogP contribution in [0.1, 0.15) is 45.2 Å². The van der Waals surface area contributed by atoms with Gasteiger partial charge in [0, 0.05) is 17.1 Å². The molecular weight excluding hydrogens is 319 g/mol. The van der Waals surface area contributed by atoms with Gasteiger partial charge in [-0.1, -0.05) is 17.7 Å². The lowest BCUT2D eigenvalue weighted by Crippen LogP contribution is -2.39. The summed E-state index contributed by atoms with van der Waals surface area (Å²) in [6.07, 6.45) is 1.62. The fraction of sp³-hybridized carbons (Fsp3) is 0.588. The summed E-state index contributed by atoms with van der Waals surface area (Å²) in [4.78, 5) is 14.1. The number of hydrogen-bond acceptors (Lipinski definition) is 3. The number of carbonyl (C=O) groups is 1. The molecule has 1 heterocycles. The Hall–Kier alpha value is -1.33. The standard InChI is InChI=1S/C17H24ClFN2O2/c1-17(2,3)23-16(22)20-11-14(21-9-4-5-10-21)15-12(18)7-6-8-13(15)19/h6-8,14H,4-5,9-11H2,1-3H3,(H,20,22). The number of likely N-dealkylation sites (tertiary alicyclic amines) is 1. The predicted octanol–water partition coefficient (Wildman–Crippen LogP) is 4.14. The van der Waals surface area contributed by atoms with Gasteiger partial charge in [-0.2, -0.15) is 0 Å². The number of halogens is 2. The summed E-state index contributed by atoms with van der Waals surface area (Å²) in [6, 6.07) is 4.37. The molecule has 1 aliphatic heterocycles. The van der Waals surface area contributed by atoms with Crippen LogP contribution in [0.5, 0.6) is 0 Å². The zero-order valence-electron chi connectivity index (χ0n) is 13.9. The number of rotatable bonds is 4. The van der Waals surface area contributed by atoms with E-state index in [1.165, 1.54) is 6.07 Å². The van der Waals surface area contributed by atoms with Crippen LogP contribution in [0.4, 0.5) is 9.18 Å². The minimum atomic E-state index is -0.567. The van der Waals surface area contributed by atoms with Crippen molar-refractivity contribution in [2.24, 2.45) is 0 Å². The van der Waals surface area contributed by atoms with Crippen molar-refractivity contribution >= 4 is 17.7 Å². The van der Waals surface area contributed by atoms with Crippen LogP contribution >= 0.6 is 11.6 Å². The van der Waals surface area contributed by atoms with Gasteiger partial charge < -0.3 is 10.1 Å². The second kappa shape index (κ2) is 7.49. The topological polar surface area (TPSA) is 41.6 Å². The SMILES string of the molecule is CC(C)(C)OC(=O)NCC(c1c(F)cccc1Cl)N1CCCC1. The first-order valence-corrected chi connectivity index (χ1v) is 8.30. The van der Waals surface area contributed by atoms with E-state index in [0.29, 0.717) is 10.6 Å². The van der Waals surface area contributed by atoms with Crippen molar-refractivity contribution in [2.45, 2.75) is 45.3 Å². The first kappa shape index (κ1) is 18.0. The molecule has 1 unspecified atom stereocenters. The maximum absolute atomic E-state index is 14.3. The van der Waals surface area contributed by atoms with Crippen LogP contribution in [-0.2, 0) is 4.74 Å². The average molecular weight is 343 g/mol. The lowest BCUT2D eigenvalue weighted by molar-refractivity contribution is 0.0509. The van der Waals surface area contributed by atoms with E-state index < -0.39 is 11.7 Å². The summed E-state index contributed by atoms with van der Waals surface area (Å²) >= 11 is 6.21. The molecule has 128 valence electrons. The number of carbonyl (C=O) groups excluding carboxylic acids is 1. The number of nitrogens with one attached hydrogen (secondary N) is 1. The van der Waals surface area contributed by atoms with Crippen LogP contribution in [0.15, 0.2) is 18.2 Å². The predicted molar refractivity (Wildman–Crippen MR) is 89.2 cm³/mol. The number of amides is 1. The fourth-order valence-corrected chi connectivity index (χ4v) is 3.08. The molecule has 1 aromatic rings. The van der Waals surface area contributed by atoms with Crippen molar-refractivity contribution in [2.75, 3.05) is 19.6 Å². The molecule has 0 spiro atoms. The summed E-state index contributed by atoms with van der Waals surface area (Å²) in [5.74, 6) is -0.347. The molecule has 0 aromatic heterocycles. The van der Waals surface area contributed by atoms with Crippen molar-refractivity contribution < 1.29 is 13.9 Å². The number of benzene rings is 1. The van der Waals surface area contributed by atoms with Gasteiger partial charge in [0.1, 0.15) is 11.4 Å². The Kier molecular flexibility index (Phi) is 5.87. The van der Waals surface area contributed by atoms with Crippen LogP contribution in [0.2, 0.25) is 5.02 Å². The summed E-state index contributed by atoms with van der Waals surface area (Å²) in [5, 5.41) is 3.12. The summed E-state index contributed by atoms with van der Waals surface area (Å²) in [7, 11) is 0. The lowest BCUT2D eigenvalue weighted by atomic mass is 10.0. The van der Waals surface area contributed by atoms with Crippen LogP contribution in [0.25, 0.3) is 0 Å². The Morgan fingerprint density at radius 3 is 2.61 bits per heavy atom. The lowest BCUT2D eigenvalue weighted by Gasteiger charge is -2.29. The van der Waals surface area contributed by atoms with Crippen molar-refractivity contribution in [1.82, 2.24) is 10.2 Å². The Morgan fingerprint density at radius 2 is 2.04 bits per heavy atom. The Labute approximate surface area is 141 Å². The first-order chi connectivity index (χ1) is 10.8. The minimum Gasteiger partial charge on any atom is -0.444 e. The molecule has 1 saturated heterocycles. The van der Waals surface area contributed by atoms with Crippen molar-refractivity contribution in [3.8, 4) is 0 Å². The van der Waals surface area contributed by atoms with Crippen LogP contribution in [-0.4, -0.2) is 36.2 Å². The summed E-state index contributed by atoms with van der Waals surface area (Å²) < 4.78 is 19.5. The molecule has 1 fully saturated rings. The highest BCUT2D eigenvalue weighted by molar-refractivity contribution is 6.31. The highest BCUT2D eigenvalue weighted by atomic mass is 35.5. The third-order valence-electron chi connectivity index (χ3n) is 3.75. The number of nitrogens with zero attached hydrogens (tertiary/aromatic N) is 1. The zero-order chi connectivity index (χ0) is 17.0. The van der Waals surface area contributed by atoms with Gasteiger partial charge >= 0.3 is 6.09 Å². The van der Waals surface area contributed by atoms with Gasteiger partial charge in [0.25, 0.3) is 0 Å². The van der Waals surface area contributed by atoms with Crippen molar-refractivity contribution in [3.63, 3.8) is 0 Å². The number of hydrogen-bond donors (Lipinski definition) is 1. The maximum atomic E-state index is 14.3. The molecule has 4 nitrogen and oxygen atoms in total. The Morgan fingerprint density at radius 1 is 1.39 bits per heavy atom. The smallest absolute Gasteiger partial charge is 0.407 e. The van der Waals surface area contributed by atoms with Crippen molar-refractivity contribution in [3.05, 3.63) is 34.6 Å². The third kappa shape index (κ3) is 5.08. The molecule has 6 heteroatoms. The van der Waals surface area contributed by atoms with Gasteiger partial charge in [0.05, 0.1) is 6.04 Å². The molecule has 1 N–H and O–H groups in total. The molecule has 2 rings (SSSR count). The molecule has 1 aromatic carbocycles. The van der Waals surface area contributed by atoms with Crippen molar-refractivity contribution in [1.29, 1.82) is 0 Å². The molecule has 1 amide bonds. The summed E-state index contributed by atoms with van der Waals surface area (Å²) in [6.45, 7) is 7.40. The van der Waals surface area contributed by atoms with E-state index in [-0.39, 0.29) is 18.4 Å². The second-order valence-corrected chi connectivity index (χ2v) is 7.18.